The van der Waals surface area contributed by atoms with Crippen molar-refractivity contribution in [1.29, 1.82) is 0 Å². The predicted octanol–water partition coefficient (Wildman–Crippen LogP) is 4.26. The van der Waals surface area contributed by atoms with E-state index in [-0.39, 0.29) is 18.3 Å². The SMILES string of the molecule is COCCOC(=O)C1=C(C)NC2=C(C(=O)C[C@H](c3ccc(OC)cc3)C2)[C@H]1c1ccccc1OC. The van der Waals surface area contributed by atoms with Crippen LogP contribution in [0.25, 0.3) is 0 Å². The zero-order valence-corrected chi connectivity index (χ0v) is 20.6. The number of hydrogen-bond acceptors (Lipinski definition) is 7. The van der Waals surface area contributed by atoms with Gasteiger partial charge in [-0.25, -0.2) is 4.79 Å². The van der Waals surface area contributed by atoms with Crippen LogP contribution in [0.4, 0.5) is 0 Å². The van der Waals surface area contributed by atoms with Crippen LogP contribution >= 0.6 is 0 Å². The van der Waals surface area contributed by atoms with Crippen molar-refractivity contribution in [1.82, 2.24) is 5.32 Å². The number of carbonyl (C=O) groups is 2. The van der Waals surface area contributed by atoms with E-state index in [9.17, 15) is 9.59 Å². The lowest BCUT2D eigenvalue weighted by Gasteiger charge is -2.37. The number of esters is 1. The van der Waals surface area contributed by atoms with Crippen LogP contribution in [0, 0.1) is 0 Å². The summed E-state index contributed by atoms with van der Waals surface area (Å²) in [5.41, 5.74) is 4.37. The van der Waals surface area contributed by atoms with E-state index in [1.807, 2.05) is 55.5 Å². The minimum Gasteiger partial charge on any atom is -0.497 e. The molecule has 0 saturated heterocycles. The molecule has 2 aromatic rings. The van der Waals surface area contributed by atoms with Crippen LogP contribution in [0.5, 0.6) is 11.5 Å². The molecule has 0 unspecified atom stereocenters. The lowest BCUT2D eigenvalue weighted by molar-refractivity contribution is -0.140. The monoisotopic (exact) mass is 477 g/mol. The average molecular weight is 478 g/mol. The Balaban J connectivity index is 1.76. The van der Waals surface area contributed by atoms with Crippen molar-refractivity contribution in [2.75, 3.05) is 34.5 Å². The van der Waals surface area contributed by atoms with Gasteiger partial charge in [0.25, 0.3) is 0 Å². The summed E-state index contributed by atoms with van der Waals surface area (Å²) in [6, 6.07) is 15.3. The van der Waals surface area contributed by atoms with Crippen molar-refractivity contribution in [3.63, 3.8) is 0 Å². The van der Waals surface area contributed by atoms with Gasteiger partial charge in [0, 0.05) is 36.1 Å². The maximum atomic E-state index is 13.7. The molecule has 2 atom stereocenters. The van der Waals surface area contributed by atoms with E-state index in [1.54, 1.807) is 21.3 Å². The van der Waals surface area contributed by atoms with Gasteiger partial charge in [-0.15, -0.1) is 0 Å². The highest BCUT2D eigenvalue weighted by Crippen LogP contribution is 2.47. The number of dihydropyridines is 1. The van der Waals surface area contributed by atoms with Crippen molar-refractivity contribution >= 4 is 11.8 Å². The van der Waals surface area contributed by atoms with Crippen molar-refractivity contribution in [2.24, 2.45) is 0 Å². The third-order valence-electron chi connectivity index (χ3n) is 6.61. The predicted molar refractivity (Wildman–Crippen MR) is 131 cm³/mol. The quantitative estimate of drug-likeness (QED) is 0.449. The van der Waals surface area contributed by atoms with Gasteiger partial charge in [0.15, 0.2) is 5.78 Å². The molecule has 1 aliphatic carbocycles. The summed E-state index contributed by atoms with van der Waals surface area (Å²) in [6.07, 6.45) is 1.01. The van der Waals surface area contributed by atoms with Gasteiger partial charge < -0.3 is 24.3 Å². The summed E-state index contributed by atoms with van der Waals surface area (Å²) in [6.45, 7) is 2.27. The highest BCUT2D eigenvalue weighted by molar-refractivity contribution is 6.04. The molecular weight excluding hydrogens is 446 g/mol. The minimum absolute atomic E-state index is 0.00478. The average Bonchev–Trinajstić information content (AvgIpc) is 2.87. The van der Waals surface area contributed by atoms with Crippen molar-refractivity contribution in [2.45, 2.75) is 31.6 Å². The maximum absolute atomic E-state index is 13.7. The summed E-state index contributed by atoms with van der Waals surface area (Å²) in [4.78, 5) is 26.9. The second-order valence-electron chi connectivity index (χ2n) is 8.66. The summed E-state index contributed by atoms with van der Waals surface area (Å²) in [5.74, 6) is 0.372. The molecule has 7 nitrogen and oxygen atoms in total. The first-order valence-corrected chi connectivity index (χ1v) is 11.6. The molecule has 35 heavy (non-hydrogen) atoms. The number of ketones is 1. The van der Waals surface area contributed by atoms with E-state index in [4.69, 9.17) is 18.9 Å². The van der Waals surface area contributed by atoms with Gasteiger partial charge in [0.1, 0.15) is 18.1 Å². The summed E-state index contributed by atoms with van der Waals surface area (Å²) < 4.78 is 21.4. The highest BCUT2D eigenvalue weighted by Gasteiger charge is 2.42. The van der Waals surface area contributed by atoms with Gasteiger partial charge in [0.05, 0.1) is 32.3 Å². The number of carbonyl (C=O) groups excluding carboxylic acids is 2. The van der Waals surface area contributed by atoms with Gasteiger partial charge in [-0.05, 0) is 43.0 Å². The molecule has 1 N–H and O–H groups in total. The van der Waals surface area contributed by atoms with Crippen molar-refractivity contribution in [3.8, 4) is 11.5 Å². The number of para-hydroxylation sites is 1. The van der Waals surface area contributed by atoms with Gasteiger partial charge in [-0.1, -0.05) is 30.3 Å². The molecule has 0 aromatic heterocycles. The second-order valence-corrected chi connectivity index (χ2v) is 8.66. The van der Waals surface area contributed by atoms with Gasteiger partial charge in [-0.2, -0.15) is 0 Å². The fraction of sp³-hybridized carbons (Fsp3) is 0.357. The largest absolute Gasteiger partial charge is 0.497 e. The summed E-state index contributed by atoms with van der Waals surface area (Å²) in [7, 11) is 4.77. The molecule has 0 saturated carbocycles. The Bertz CT molecular complexity index is 1160. The number of nitrogens with one attached hydrogen (secondary N) is 1. The molecule has 0 amide bonds. The van der Waals surface area contributed by atoms with Crippen LogP contribution in [-0.2, 0) is 19.1 Å². The molecule has 184 valence electrons. The third-order valence-corrected chi connectivity index (χ3v) is 6.61. The van der Waals surface area contributed by atoms with Crippen LogP contribution in [0.1, 0.15) is 42.7 Å². The van der Waals surface area contributed by atoms with Crippen LogP contribution < -0.4 is 14.8 Å². The van der Waals surface area contributed by atoms with Crippen LogP contribution in [0.3, 0.4) is 0 Å². The topological polar surface area (TPSA) is 83.1 Å². The van der Waals surface area contributed by atoms with E-state index >= 15 is 0 Å². The van der Waals surface area contributed by atoms with Crippen LogP contribution in [0.2, 0.25) is 0 Å². The minimum atomic E-state index is -0.582. The molecule has 1 heterocycles. The van der Waals surface area contributed by atoms with Gasteiger partial charge in [-0.3, -0.25) is 4.79 Å². The van der Waals surface area contributed by atoms with Crippen molar-refractivity contribution < 1.29 is 28.5 Å². The van der Waals surface area contributed by atoms with Crippen LogP contribution in [0.15, 0.2) is 71.1 Å². The standard InChI is InChI=1S/C28H31NO6/c1-17-25(28(31)35-14-13-32-2)26(21-7-5-6-8-24(21)34-4)27-22(29-17)15-19(16-23(27)30)18-9-11-20(33-3)12-10-18/h5-12,19,26,29H,13-16H2,1-4H3/t19-,26+/m1/s1. The Hall–Kier alpha value is -3.58. The zero-order chi connectivity index (χ0) is 24.9. The molecule has 0 bridgehead atoms. The Kier molecular flexibility index (Phi) is 7.56. The van der Waals surface area contributed by atoms with Crippen molar-refractivity contribution in [3.05, 3.63) is 82.2 Å². The first-order valence-electron chi connectivity index (χ1n) is 11.6. The number of Topliss-reactive ketones (excluding diaryl/α,β-unsaturated/α-hetero) is 1. The van der Waals surface area contributed by atoms with Gasteiger partial charge >= 0.3 is 5.97 Å². The first kappa shape index (κ1) is 24.5. The lowest BCUT2D eigenvalue weighted by atomic mass is 9.71. The fourth-order valence-corrected chi connectivity index (χ4v) is 4.93. The number of allylic oxidation sites excluding steroid dienone is 3. The van der Waals surface area contributed by atoms with E-state index in [2.05, 4.69) is 5.32 Å². The molecule has 2 aromatic carbocycles. The zero-order valence-electron chi connectivity index (χ0n) is 20.6. The molecular formula is C28H31NO6. The van der Waals surface area contributed by atoms with E-state index < -0.39 is 11.9 Å². The molecule has 1 aliphatic heterocycles. The number of rotatable bonds is 8. The lowest BCUT2D eigenvalue weighted by Crippen LogP contribution is -2.36. The van der Waals surface area contributed by atoms with E-state index in [0.717, 1.165) is 22.6 Å². The molecule has 0 spiro atoms. The number of hydrogen-bond donors (Lipinski definition) is 1. The molecule has 0 fully saturated rings. The number of benzene rings is 2. The number of methoxy groups -OCH3 is 3. The summed E-state index contributed by atoms with van der Waals surface area (Å²) >= 11 is 0. The Morgan fingerprint density at radius 1 is 0.971 bits per heavy atom. The first-order chi connectivity index (χ1) is 17.0. The highest BCUT2D eigenvalue weighted by atomic mass is 16.6. The summed E-state index contributed by atoms with van der Waals surface area (Å²) in [5, 5.41) is 3.37. The Morgan fingerprint density at radius 3 is 2.40 bits per heavy atom. The third kappa shape index (κ3) is 4.95. The molecule has 7 heteroatoms. The maximum Gasteiger partial charge on any atom is 0.336 e. The molecule has 2 aliphatic rings. The smallest absolute Gasteiger partial charge is 0.336 e. The fourth-order valence-electron chi connectivity index (χ4n) is 4.93. The second kappa shape index (κ2) is 10.8. The Morgan fingerprint density at radius 2 is 1.71 bits per heavy atom. The normalized spacial score (nSPS) is 19.7. The Labute approximate surface area is 205 Å². The van der Waals surface area contributed by atoms with E-state index in [0.29, 0.717) is 42.0 Å². The van der Waals surface area contributed by atoms with E-state index in [1.165, 1.54) is 0 Å². The molecule has 0 radical (unpaired) electrons. The molecule has 4 rings (SSSR count). The van der Waals surface area contributed by atoms with Crippen LogP contribution in [-0.4, -0.2) is 46.3 Å². The number of ether oxygens (including phenoxy) is 4. The van der Waals surface area contributed by atoms with Gasteiger partial charge in [0.2, 0.25) is 0 Å².